The number of fused-ring (bicyclic) bond motifs is 1. The smallest absolute Gasteiger partial charge is 0.395 e. The third-order valence-electron chi connectivity index (χ3n) is 5.24. The molecule has 0 fully saturated rings. The van der Waals surface area contributed by atoms with E-state index in [9.17, 15) is 26.3 Å². The highest BCUT2D eigenvalue weighted by Crippen LogP contribution is 2.42. The fourth-order valence-corrected chi connectivity index (χ4v) is 3.29. The second-order valence-electron chi connectivity index (χ2n) is 7.76. The van der Waals surface area contributed by atoms with Crippen LogP contribution in [0, 0.1) is 11.6 Å². The molecule has 0 spiro atoms. The Balaban J connectivity index is 1.62. The zero-order valence-electron chi connectivity index (χ0n) is 17.5. The molecule has 3 aromatic rings. The van der Waals surface area contributed by atoms with Gasteiger partial charge in [0, 0.05) is 30.2 Å². The van der Waals surface area contributed by atoms with Gasteiger partial charge in [0.25, 0.3) is 6.02 Å². The molecule has 1 aliphatic rings. The first-order chi connectivity index (χ1) is 16.0. The first kappa shape index (κ1) is 23.7. The van der Waals surface area contributed by atoms with Crippen molar-refractivity contribution in [2.45, 2.75) is 24.7 Å². The van der Waals surface area contributed by atoms with Crippen LogP contribution in [0.5, 0.6) is 11.5 Å². The highest BCUT2D eigenvalue weighted by Gasteiger charge is 2.39. The van der Waals surface area contributed by atoms with Crippen molar-refractivity contribution in [1.82, 2.24) is 9.97 Å². The molecule has 2 atom stereocenters. The summed E-state index contributed by atoms with van der Waals surface area (Å²) in [5.74, 6) is -5.29. The van der Waals surface area contributed by atoms with E-state index < -0.39 is 54.9 Å². The molecule has 0 bridgehead atoms. The molecule has 3 N–H and O–H groups in total. The minimum Gasteiger partial charge on any atom is -0.461 e. The number of aliphatic hydroxyl groups is 1. The number of aliphatic hydroxyl groups excluding tert-OH is 1. The van der Waals surface area contributed by atoms with Crippen molar-refractivity contribution in [1.29, 1.82) is 0 Å². The highest BCUT2D eigenvalue weighted by molar-refractivity contribution is 5.90. The quantitative estimate of drug-likeness (QED) is 0.449. The molecule has 0 amide bonds. The number of aromatic amines is 1. The lowest BCUT2D eigenvalue weighted by molar-refractivity contribution is -0.146. The lowest BCUT2D eigenvalue weighted by Gasteiger charge is -2.26. The minimum absolute atomic E-state index is 0.0574. The summed E-state index contributed by atoms with van der Waals surface area (Å²) in [6.45, 7) is -0.767. The molecule has 0 saturated carbocycles. The van der Waals surface area contributed by atoms with Crippen molar-refractivity contribution in [2.24, 2.45) is 4.99 Å². The Labute approximate surface area is 188 Å². The van der Waals surface area contributed by atoms with E-state index in [4.69, 9.17) is 14.6 Å². The van der Waals surface area contributed by atoms with Gasteiger partial charge in [0.1, 0.15) is 18.0 Å². The van der Waals surface area contributed by atoms with Crippen LogP contribution < -0.4 is 10.1 Å². The van der Waals surface area contributed by atoms with Crippen molar-refractivity contribution < 1.29 is 40.9 Å². The fourth-order valence-electron chi connectivity index (χ4n) is 3.29. The van der Waals surface area contributed by atoms with Crippen molar-refractivity contribution >= 4 is 22.7 Å². The molecule has 0 aliphatic carbocycles. The largest absolute Gasteiger partial charge is 0.461 e. The molecule has 2 aromatic heterocycles. The SMILES string of the molecule is C[C@@H](c1c[nH]c2nccc(Oc3c(F)cc(NC4=NC[C@@](F)(CO)CO4)cc3F)c12)C(F)(F)F. The third-order valence-corrected chi connectivity index (χ3v) is 5.24. The van der Waals surface area contributed by atoms with Crippen LogP contribution in [0.1, 0.15) is 18.4 Å². The van der Waals surface area contributed by atoms with Gasteiger partial charge in [-0.2, -0.15) is 13.2 Å². The van der Waals surface area contributed by atoms with Crippen LogP contribution in [0.2, 0.25) is 0 Å². The minimum atomic E-state index is -4.56. The summed E-state index contributed by atoms with van der Waals surface area (Å²) in [6, 6.07) is 2.69. The van der Waals surface area contributed by atoms with Gasteiger partial charge in [-0.15, -0.1) is 0 Å². The van der Waals surface area contributed by atoms with Crippen LogP contribution in [-0.2, 0) is 4.74 Å². The number of rotatable bonds is 5. The summed E-state index contributed by atoms with van der Waals surface area (Å²) in [4.78, 5) is 10.3. The molecule has 13 heteroatoms. The number of hydrogen-bond donors (Lipinski definition) is 3. The highest BCUT2D eigenvalue weighted by atomic mass is 19.4. The molecule has 4 rings (SSSR count). The van der Waals surface area contributed by atoms with Crippen LogP contribution >= 0.6 is 0 Å². The summed E-state index contributed by atoms with van der Waals surface area (Å²) < 4.78 is 93.6. The Morgan fingerprint density at radius 3 is 2.59 bits per heavy atom. The van der Waals surface area contributed by atoms with E-state index in [1.165, 1.54) is 12.3 Å². The predicted octanol–water partition coefficient (Wildman–Crippen LogP) is 4.80. The molecule has 1 aliphatic heterocycles. The molecular formula is C21H18F6N4O3. The lowest BCUT2D eigenvalue weighted by atomic mass is 10.0. The summed E-state index contributed by atoms with van der Waals surface area (Å²) in [5.41, 5.74) is -2.31. The average Bonchev–Trinajstić information content (AvgIpc) is 3.21. The second kappa shape index (κ2) is 8.70. The monoisotopic (exact) mass is 488 g/mol. The number of halogens is 6. The lowest BCUT2D eigenvalue weighted by Crippen LogP contribution is -2.43. The van der Waals surface area contributed by atoms with Gasteiger partial charge >= 0.3 is 6.18 Å². The maximum absolute atomic E-state index is 14.7. The van der Waals surface area contributed by atoms with Gasteiger partial charge in [0.2, 0.25) is 0 Å². The molecule has 1 aromatic carbocycles. The van der Waals surface area contributed by atoms with E-state index in [0.29, 0.717) is 0 Å². The van der Waals surface area contributed by atoms with Crippen molar-refractivity contribution in [2.75, 3.05) is 25.1 Å². The Bertz CT molecular complexity index is 1220. The predicted molar refractivity (Wildman–Crippen MR) is 110 cm³/mol. The van der Waals surface area contributed by atoms with Crippen LogP contribution in [0.15, 0.2) is 35.6 Å². The third kappa shape index (κ3) is 4.60. The Morgan fingerprint density at radius 1 is 1.29 bits per heavy atom. The normalized spacial score (nSPS) is 19.5. The number of nitrogens with one attached hydrogen (secondary N) is 2. The summed E-state index contributed by atoms with van der Waals surface area (Å²) in [6.07, 6.45) is -2.22. The van der Waals surface area contributed by atoms with Gasteiger partial charge in [0.05, 0.1) is 24.5 Å². The molecule has 34 heavy (non-hydrogen) atoms. The Hall–Kier alpha value is -3.48. The van der Waals surface area contributed by atoms with Crippen LogP contribution in [0.3, 0.4) is 0 Å². The number of pyridine rings is 1. The number of benzene rings is 1. The number of nitrogens with zero attached hydrogens (tertiary/aromatic N) is 2. The van der Waals surface area contributed by atoms with Gasteiger partial charge in [0.15, 0.2) is 23.1 Å². The number of ether oxygens (including phenoxy) is 2. The number of alkyl halides is 4. The van der Waals surface area contributed by atoms with E-state index >= 15 is 0 Å². The molecule has 0 radical (unpaired) electrons. The van der Waals surface area contributed by atoms with Gasteiger partial charge in [-0.1, -0.05) is 0 Å². The zero-order valence-corrected chi connectivity index (χ0v) is 17.5. The van der Waals surface area contributed by atoms with Gasteiger partial charge in [-0.25, -0.2) is 23.1 Å². The molecule has 0 unspecified atom stereocenters. The Kier molecular flexibility index (Phi) is 6.06. The number of amidine groups is 1. The number of aliphatic imine (C=N–C) groups is 1. The van der Waals surface area contributed by atoms with Crippen LogP contribution in [0.4, 0.5) is 32.0 Å². The van der Waals surface area contributed by atoms with Crippen LogP contribution in [0.25, 0.3) is 11.0 Å². The van der Waals surface area contributed by atoms with Gasteiger partial charge < -0.3 is 24.9 Å². The first-order valence-corrected chi connectivity index (χ1v) is 9.94. The number of anilines is 1. The molecule has 7 nitrogen and oxygen atoms in total. The fraction of sp³-hybridized carbons (Fsp3) is 0.333. The maximum atomic E-state index is 14.7. The molecule has 0 saturated heterocycles. The van der Waals surface area contributed by atoms with Crippen molar-refractivity contribution in [3.05, 3.63) is 47.8 Å². The topological polar surface area (TPSA) is 91.8 Å². The number of aromatic nitrogens is 2. The Morgan fingerprint density at radius 2 is 2.00 bits per heavy atom. The summed E-state index contributed by atoms with van der Waals surface area (Å²) >= 11 is 0. The number of hydrogen-bond acceptors (Lipinski definition) is 6. The van der Waals surface area contributed by atoms with E-state index in [0.717, 1.165) is 25.3 Å². The molecular weight excluding hydrogens is 470 g/mol. The van der Waals surface area contributed by atoms with Gasteiger partial charge in [-0.3, -0.25) is 0 Å². The molecule has 182 valence electrons. The zero-order chi connectivity index (χ0) is 24.7. The number of H-pyrrole nitrogens is 1. The van der Waals surface area contributed by atoms with E-state index in [2.05, 4.69) is 20.3 Å². The van der Waals surface area contributed by atoms with Crippen molar-refractivity contribution in [3.8, 4) is 11.5 Å². The standard InChI is InChI=1S/C21H18F6N4O3/c1-10(21(25,26)27)12-6-29-18-16(12)15(2-3-28-18)34-17-13(22)4-11(5-14(17)23)31-19-30-7-20(24,8-32)9-33-19/h2-6,10,32H,7-9H2,1H3,(H,28,29)(H,30,31)/t10-,20+/m0/s1. The van der Waals surface area contributed by atoms with Crippen LogP contribution in [-0.4, -0.2) is 52.7 Å². The first-order valence-electron chi connectivity index (χ1n) is 9.94. The van der Waals surface area contributed by atoms with Crippen molar-refractivity contribution in [3.63, 3.8) is 0 Å². The van der Waals surface area contributed by atoms with E-state index in [-0.39, 0.29) is 34.1 Å². The summed E-state index contributed by atoms with van der Waals surface area (Å²) in [7, 11) is 0. The van der Waals surface area contributed by atoms with E-state index in [1.54, 1.807) is 0 Å². The average molecular weight is 488 g/mol. The molecule has 3 heterocycles. The van der Waals surface area contributed by atoms with Gasteiger partial charge in [-0.05, 0) is 18.6 Å². The summed E-state index contributed by atoms with van der Waals surface area (Å²) in [5, 5.41) is 11.4. The van der Waals surface area contributed by atoms with E-state index in [1.807, 2.05) is 0 Å². The maximum Gasteiger partial charge on any atom is 0.395 e. The second-order valence-corrected chi connectivity index (χ2v) is 7.76.